The van der Waals surface area contributed by atoms with E-state index in [4.69, 9.17) is 4.74 Å². The van der Waals surface area contributed by atoms with Crippen molar-refractivity contribution in [2.75, 3.05) is 11.9 Å². The predicted molar refractivity (Wildman–Crippen MR) is 69.9 cm³/mol. The number of benzene rings is 1. The molecule has 0 aliphatic rings. The van der Waals surface area contributed by atoms with Crippen LogP contribution in [0, 0.1) is 5.82 Å². The van der Waals surface area contributed by atoms with E-state index in [0.29, 0.717) is 23.7 Å². The number of esters is 1. The first-order valence-corrected chi connectivity index (χ1v) is 5.85. The Bertz CT molecular complexity index is 570. The molecule has 1 aromatic heterocycles. The van der Waals surface area contributed by atoms with Crippen LogP contribution in [0.25, 0.3) is 0 Å². The summed E-state index contributed by atoms with van der Waals surface area (Å²) in [7, 11) is 0. The summed E-state index contributed by atoms with van der Waals surface area (Å²) >= 11 is 0. The van der Waals surface area contributed by atoms with Crippen molar-refractivity contribution in [3.8, 4) is 0 Å². The van der Waals surface area contributed by atoms with Gasteiger partial charge in [-0.3, -0.25) is 0 Å². The van der Waals surface area contributed by atoms with Crippen molar-refractivity contribution in [1.82, 2.24) is 4.98 Å². The van der Waals surface area contributed by atoms with Gasteiger partial charge in [-0.15, -0.1) is 0 Å². The highest BCUT2D eigenvalue weighted by atomic mass is 19.1. The van der Waals surface area contributed by atoms with Crippen molar-refractivity contribution >= 4 is 17.5 Å². The van der Waals surface area contributed by atoms with E-state index < -0.39 is 5.97 Å². The largest absolute Gasteiger partial charge is 0.462 e. The van der Waals surface area contributed by atoms with Crippen molar-refractivity contribution < 1.29 is 13.9 Å². The molecule has 0 saturated carbocycles. The van der Waals surface area contributed by atoms with E-state index >= 15 is 0 Å². The number of anilines is 2. The third-order valence-electron chi connectivity index (χ3n) is 2.37. The summed E-state index contributed by atoms with van der Waals surface area (Å²) in [6.07, 6.45) is 1.42. The number of pyridine rings is 1. The molecule has 2 aromatic rings. The van der Waals surface area contributed by atoms with Crippen molar-refractivity contribution in [3.63, 3.8) is 0 Å². The first-order chi connectivity index (χ1) is 9.19. The molecule has 0 bridgehead atoms. The Morgan fingerprint density at radius 3 is 2.84 bits per heavy atom. The van der Waals surface area contributed by atoms with Crippen LogP contribution in [0.5, 0.6) is 0 Å². The molecule has 0 fully saturated rings. The van der Waals surface area contributed by atoms with E-state index in [1.54, 1.807) is 31.2 Å². The topological polar surface area (TPSA) is 51.2 Å². The number of carbonyl (C=O) groups excluding carboxylic acids is 1. The lowest BCUT2D eigenvalue weighted by atomic mass is 10.2. The smallest absolute Gasteiger partial charge is 0.339 e. The zero-order valence-electron chi connectivity index (χ0n) is 10.4. The van der Waals surface area contributed by atoms with Crippen LogP contribution in [0.2, 0.25) is 0 Å². The third kappa shape index (κ3) is 3.51. The molecule has 0 aliphatic carbocycles. The summed E-state index contributed by atoms with van der Waals surface area (Å²) in [4.78, 5) is 15.5. The molecule has 0 radical (unpaired) electrons. The molecule has 1 aromatic carbocycles. The van der Waals surface area contributed by atoms with E-state index in [1.807, 2.05) is 0 Å². The molecule has 2 rings (SSSR count). The fraction of sp³-hybridized carbons (Fsp3) is 0.143. The molecule has 0 spiro atoms. The molecule has 98 valence electrons. The molecular weight excluding hydrogens is 247 g/mol. The Labute approximate surface area is 110 Å². The average Bonchev–Trinajstić information content (AvgIpc) is 2.40. The normalized spacial score (nSPS) is 10.0. The Morgan fingerprint density at radius 1 is 1.37 bits per heavy atom. The van der Waals surface area contributed by atoms with Crippen LogP contribution in [0.3, 0.4) is 0 Å². The number of halogens is 1. The highest BCUT2D eigenvalue weighted by Crippen LogP contribution is 2.15. The van der Waals surface area contributed by atoms with Gasteiger partial charge in [0.1, 0.15) is 11.6 Å². The van der Waals surface area contributed by atoms with Gasteiger partial charge in [-0.25, -0.2) is 14.2 Å². The summed E-state index contributed by atoms with van der Waals surface area (Å²) in [5.74, 6) is -0.209. The first-order valence-electron chi connectivity index (χ1n) is 5.85. The molecule has 5 heteroatoms. The molecule has 0 unspecified atom stereocenters. The summed E-state index contributed by atoms with van der Waals surface area (Å²) in [6, 6.07) is 9.29. The van der Waals surface area contributed by atoms with Crippen molar-refractivity contribution in [2.45, 2.75) is 6.92 Å². The third-order valence-corrected chi connectivity index (χ3v) is 2.37. The number of nitrogens with one attached hydrogen (secondary N) is 1. The van der Waals surface area contributed by atoms with Gasteiger partial charge < -0.3 is 10.1 Å². The van der Waals surface area contributed by atoms with E-state index in [2.05, 4.69) is 10.3 Å². The standard InChI is InChI=1S/C14H13FN2O2/c1-2-19-14(18)10-6-7-13(16-9-10)17-12-5-3-4-11(15)8-12/h3-9H,2H2,1H3,(H,16,17). The van der Waals surface area contributed by atoms with Gasteiger partial charge in [0.25, 0.3) is 0 Å². The monoisotopic (exact) mass is 260 g/mol. The van der Waals surface area contributed by atoms with E-state index in [0.717, 1.165) is 0 Å². The van der Waals surface area contributed by atoms with Crippen LogP contribution in [0.1, 0.15) is 17.3 Å². The van der Waals surface area contributed by atoms with Crippen LogP contribution in [-0.2, 0) is 4.74 Å². The van der Waals surface area contributed by atoms with Crippen LogP contribution >= 0.6 is 0 Å². The zero-order chi connectivity index (χ0) is 13.7. The van der Waals surface area contributed by atoms with E-state index in [-0.39, 0.29) is 5.82 Å². The summed E-state index contributed by atoms with van der Waals surface area (Å²) in [5, 5.41) is 2.94. The van der Waals surface area contributed by atoms with E-state index in [1.165, 1.54) is 18.3 Å². The molecule has 0 amide bonds. The molecule has 19 heavy (non-hydrogen) atoms. The quantitative estimate of drug-likeness (QED) is 0.858. The number of carbonyl (C=O) groups is 1. The van der Waals surface area contributed by atoms with Crippen molar-refractivity contribution in [1.29, 1.82) is 0 Å². The SMILES string of the molecule is CCOC(=O)c1ccc(Nc2cccc(F)c2)nc1. The van der Waals surface area contributed by atoms with Gasteiger partial charge >= 0.3 is 5.97 Å². The first kappa shape index (κ1) is 13.0. The van der Waals surface area contributed by atoms with Gasteiger partial charge in [-0.2, -0.15) is 0 Å². The minimum atomic E-state index is -0.410. The van der Waals surface area contributed by atoms with Crippen LogP contribution in [0.4, 0.5) is 15.9 Å². The highest BCUT2D eigenvalue weighted by molar-refractivity contribution is 5.89. The van der Waals surface area contributed by atoms with Crippen LogP contribution in [0.15, 0.2) is 42.6 Å². The number of aromatic nitrogens is 1. The van der Waals surface area contributed by atoms with Crippen molar-refractivity contribution in [2.24, 2.45) is 0 Å². The zero-order valence-corrected chi connectivity index (χ0v) is 10.4. The number of hydrogen-bond acceptors (Lipinski definition) is 4. The summed E-state index contributed by atoms with van der Waals surface area (Å²) in [5.41, 5.74) is 0.975. The Kier molecular flexibility index (Phi) is 4.07. The van der Waals surface area contributed by atoms with E-state index in [9.17, 15) is 9.18 Å². The van der Waals surface area contributed by atoms with Crippen LogP contribution < -0.4 is 5.32 Å². The van der Waals surface area contributed by atoms with Gasteiger partial charge in [0.2, 0.25) is 0 Å². The fourth-order valence-corrected chi connectivity index (χ4v) is 1.52. The second-order valence-corrected chi connectivity index (χ2v) is 3.79. The minimum Gasteiger partial charge on any atom is -0.462 e. The van der Waals surface area contributed by atoms with Gasteiger partial charge in [0.05, 0.1) is 12.2 Å². The number of ether oxygens (including phenoxy) is 1. The molecule has 0 aliphatic heterocycles. The molecule has 4 nitrogen and oxygen atoms in total. The number of rotatable bonds is 4. The highest BCUT2D eigenvalue weighted by Gasteiger charge is 2.06. The number of hydrogen-bond donors (Lipinski definition) is 1. The second kappa shape index (κ2) is 5.95. The lowest BCUT2D eigenvalue weighted by Crippen LogP contribution is -2.05. The molecule has 0 saturated heterocycles. The molecule has 1 heterocycles. The van der Waals surface area contributed by atoms with Gasteiger partial charge in [0, 0.05) is 11.9 Å². The molecule has 1 N–H and O–H groups in total. The predicted octanol–water partition coefficient (Wildman–Crippen LogP) is 3.14. The maximum atomic E-state index is 13.0. The molecule has 0 atom stereocenters. The minimum absolute atomic E-state index is 0.322. The Balaban J connectivity index is 2.08. The summed E-state index contributed by atoms with van der Waals surface area (Å²) < 4.78 is 17.9. The van der Waals surface area contributed by atoms with Gasteiger partial charge in [-0.1, -0.05) is 6.07 Å². The van der Waals surface area contributed by atoms with Gasteiger partial charge in [-0.05, 0) is 37.3 Å². The Morgan fingerprint density at radius 2 is 2.21 bits per heavy atom. The van der Waals surface area contributed by atoms with Crippen molar-refractivity contribution in [3.05, 3.63) is 54.0 Å². The van der Waals surface area contributed by atoms with Crippen LogP contribution in [-0.4, -0.2) is 17.6 Å². The molecular formula is C14H13FN2O2. The summed E-state index contributed by atoms with van der Waals surface area (Å²) in [6.45, 7) is 2.06. The fourth-order valence-electron chi connectivity index (χ4n) is 1.52. The Hall–Kier alpha value is -2.43. The lowest BCUT2D eigenvalue weighted by molar-refractivity contribution is 0.0526. The second-order valence-electron chi connectivity index (χ2n) is 3.79. The lowest BCUT2D eigenvalue weighted by Gasteiger charge is -2.06. The average molecular weight is 260 g/mol. The maximum Gasteiger partial charge on any atom is 0.339 e. The number of nitrogens with zero attached hydrogens (tertiary/aromatic N) is 1. The van der Waals surface area contributed by atoms with Gasteiger partial charge in [0.15, 0.2) is 0 Å². The maximum absolute atomic E-state index is 13.0.